The van der Waals surface area contributed by atoms with Crippen molar-refractivity contribution in [2.24, 2.45) is 0 Å². The second kappa shape index (κ2) is 6.65. The van der Waals surface area contributed by atoms with Crippen LogP contribution in [0.5, 0.6) is 28.7 Å². The van der Waals surface area contributed by atoms with E-state index in [0.29, 0.717) is 48.3 Å². The zero-order valence-electron chi connectivity index (χ0n) is 16.4. The third kappa shape index (κ3) is 2.62. The zero-order chi connectivity index (χ0) is 20.1. The number of carbonyl (C=O) groups excluding carboxylic acids is 1. The lowest BCUT2D eigenvalue weighted by atomic mass is 9.88. The number of rotatable bonds is 3. The molecule has 8 nitrogen and oxygen atoms in total. The number of methoxy groups -OCH3 is 3. The van der Waals surface area contributed by atoms with E-state index in [1.54, 1.807) is 26.2 Å². The molecule has 0 saturated carbocycles. The Bertz CT molecular complexity index is 1000. The molecule has 8 heteroatoms. The molecule has 3 aliphatic rings. The fourth-order valence-electron chi connectivity index (χ4n) is 4.30. The van der Waals surface area contributed by atoms with E-state index in [2.05, 4.69) is 0 Å². The van der Waals surface area contributed by atoms with Gasteiger partial charge in [0.15, 0.2) is 23.0 Å². The Morgan fingerprint density at radius 1 is 0.931 bits per heavy atom. The molecule has 1 amide bonds. The minimum Gasteiger partial charge on any atom is -0.493 e. The van der Waals surface area contributed by atoms with Gasteiger partial charge in [0, 0.05) is 5.56 Å². The summed E-state index contributed by atoms with van der Waals surface area (Å²) in [5, 5.41) is 0. The Balaban J connectivity index is 1.81. The lowest BCUT2D eigenvalue weighted by Crippen LogP contribution is -2.35. The number of amides is 1. The molecule has 1 unspecified atom stereocenters. The minimum atomic E-state index is -0.320. The molecule has 2 aromatic carbocycles. The molecular formula is C21H21NO7. The zero-order valence-corrected chi connectivity index (χ0v) is 16.4. The van der Waals surface area contributed by atoms with Crippen LogP contribution in [0.2, 0.25) is 0 Å². The van der Waals surface area contributed by atoms with Crippen LogP contribution in [-0.4, -0.2) is 51.8 Å². The molecule has 0 spiro atoms. The van der Waals surface area contributed by atoms with Crippen LogP contribution in [0.25, 0.3) is 11.1 Å². The second-order valence-corrected chi connectivity index (χ2v) is 7.10. The molecule has 5 rings (SSSR count). The maximum atomic E-state index is 12.4. The Kier molecular flexibility index (Phi) is 4.08. The van der Waals surface area contributed by atoms with Crippen LogP contribution in [-0.2, 0) is 17.7 Å². The quantitative estimate of drug-likeness (QED) is 0.785. The number of benzene rings is 2. The predicted molar refractivity (Wildman–Crippen MR) is 102 cm³/mol. The Hall–Kier alpha value is -3.29. The highest BCUT2D eigenvalue weighted by molar-refractivity contribution is 5.84. The third-order valence-electron chi connectivity index (χ3n) is 5.65. The van der Waals surface area contributed by atoms with Gasteiger partial charge in [0.1, 0.15) is 6.61 Å². The monoisotopic (exact) mass is 399 g/mol. The van der Waals surface area contributed by atoms with Crippen molar-refractivity contribution in [3.8, 4) is 39.9 Å². The number of hydrogen-bond donors (Lipinski definition) is 0. The molecule has 0 N–H and O–H groups in total. The summed E-state index contributed by atoms with van der Waals surface area (Å²) < 4.78 is 33.5. The Morgan fingerprint density at radius 3 is 2.41 bits per heavy atom. The van der Waals surface area contributed by atoms with Gasteiger partial charge in [0.2, 0.25) is 12.5 Å². The third-order valence-corrected chi connectivity index (χ3v) is 5.65. The average Bonchev–Trinajstić information content (AvgIpc) is 3.31. The van der Waals surface area contributed by atoms with Crippen LogP contribution in [0.15, 0.2) is 18.2 Å². The first-order chi connectivity index (χ1) is 14.1. The molecule has 1 saturated heterocycles. The lowest BCUT2D eigenvalue weighted by molar-refractivity contribution is 0.156. The van der Waals surface area contributed by atoms with E-state index in [1.807, 2.05) is 18.2 Å². The fourth-order valence-corrected chi connectivity index (χ4v) is 4.30. The standard InChI is InChI=1S/C21H21NO7/c1-24-17-6-12-8-22-13(9-27-21(22)23)4-11-5-15-16(29-10-28-15)7-14(11)18(12)20(26-3)19(17)25-2/h5-7,13H,4,8-10H2,1-3H3. The summed E-state index contributed by atoms with van der Waals surface area (Å²) in [6.45, 7) is 0.918. The summed E-state index contributed by atoms with van der Waals surface area (Å²) in [5.74, 6) is 2.96. The summed E-state index contributed by atoms with van der Waals surface area (Å²) in [5.41, 5.74) is 3.70. The smallest absolute Gasteiger partial charge is 0.410 e. The second-order valence-electron chi connectivity index (χ2n) is 7.10. The van der Waals surface area contributed by atoms with Gasteiger partial charge in [-0.1, -0.05) is 0 Å². The summed E-state index contributed by atoms with van der Waals surface area (Å²) in [6.07, 6.45) is 0.313. The first-order valence-corrected chi connectivity index (χ1v) is 9.32. The number of fused-ring (bicyclic) bond motifs is 5. The van der Waals surface area contributed by atoms with Crippen molar-refractivity contribution in [3.63, 3.8) is 0 Å². The number of ether oxygens (including phenoxy) is 6. The molecule has 0 aliphatic carbocycles. The normalized spacial score (nSPS) is 18.8. The highest BCUT2D eigenvalue weighted by Crippen LogP contribution is 2.51. The molecular weight excluding hydrogens is 378 g/mol. The number of carbonyl (C=O) groups is 1. The van der Waals surface area contributed by atoms with E-state index < -0.39 is 0 Å². The number of hydrogen-bond acceptors (Lipinski definition) is 7. The molecule has 152 valence electrons. The van der Waals surface area contributed by atoms with Crippen molar-refractivity contribution in [2.45, 2.75) is 19.0 Å². The Morgan fingerprint density at radius 2 is 1.69 bits per heavy atom. The molecule has 0 radical (unpaired) electrons. The van der Waals surface area contributed by atoms with Crippen LogP contribution in [0, 0.1) is 0 Å². The minimum absolute atomic E-state index is 0.0612. The van der Waals surface area contributed by atoms with Gasteiger partial charge >= 0.3 is 6.09 Å². The molecule has 29 heavy (non-hydrogen) atoms. The van der Waals surface area contributed by atoms with E-state index in [-0.39, 0.29) is 18.9 Å². The molecule has 3 aliphatic heterocycles. The topological polar surface area (TPSA) is 75.7 Å². The lowest BCUT2D eigenvalue weighted by Gasteiger charge is -2.29. The first kappa shape index (κ1) is 17.8. The number of nitrogens with zero attached hydrogens (tertiary/aromatic N) is 1. The average molecular weight is 399 g/mol. The van der Waals surface area contributed by atoms with E-state index in [0.717, 1.165) is 22.3 Å². The van der Waals surface area contributed by atoms with E-state index in [9.17, 15) is 4.79 Å². The van der Waals surface area contributed by atoms with Crippen molar-refractivity contribution in [3.05, 3.63) is 29.3 Å². The van der Waals surface area contributed by atoms with Gasteiger partial charge in [-0.3, -0.25) is 4.90 Å². The van der Waals surface area contributed by atoms with Crippen LogP contribution in [0.3, 0.4) is 0 Å². The van der Waals surface area contributed by atoms with Gasteiger partial charge < -0.3 is 28.4 Å². The van der Waals surface area contributed by atoms with Gasteiger partial charge in [-0.2, -0.15) is 0 Å². The maximum Gasteiger partial charge on any atom is 0.410 e. The number of cyclic esters (lactones) is 1. The van der Waals surface area contributed by atoms with E-state index >= 15 is 0 Å². The SMILES string of the molecule is COc1cc2c(c(OC)c1OC)-c1cc3c(cc1CC1COC(=O)N1C2)OCO3. The van der Waals surface area contributed by atoms with Gasteiger partial charge in [0.05, 0.1) is 33.9 Å². The van der Waals surface area contributed by atoms with Crippen LogP contribution in [0.1, 0.15) is 11.1 Å². The van der Waals surface area contributed by atoms with Crippen LogP contribution >= 0.6 is 0 Å². The summed E-state index contributed by atoms with van der Waals surface area (Å²) in [4.78, 5) is 14.1. The summed E-state index contributed by atoms with van der Waals surface area (Å²) >= 11 is 0. The van der Waals surface area contributed by atoms with Gasteiger partial charge in [-0.15, -0.1) is 0 Å². The maximum absolute atomic E-state index is 12.4. The van der Waals surface area contributed by atoms with Crippen molar-refractivity contribution >= 4 is 6.09 Å². The van der Waals surface area contributed by atoms with Gasteiger partial charge in [0.25, 0.3) is 0 Å². The summed E-state index contributed by atoms with van der Waals surface area (Å²) in [6, 6.07) is 5.77. The highest BCUT2D eigenvalue weighted by Gasteiger charge is 2.38. The van der Waals surface area contributed by atoms with Crippen molar-refractivity contribution in [1.82, 2.24) is 4.90 Å². The largest absolute Gasteiger partial charge is 0.493 e. The highest BCUT2D eigenvalue weighted by atomic mass is 16.7. The van der Waals surface area contributed by atoms with E-state index in [4.69, 9.17) is 28.4 Å². The Labute approximate surface area is 167 Å². The van der Waals surface area contributed by atoms with Crippen LogP contribution in [0.4, 0.5) is 4.79 Å². The first-order valence-electron chi connectivity index (χ1n) is 9.32. The molecule has 0 bridgehead atoms. The van der Waals surface area contributed by atoms with Crippen molar-refractivity contribution in [2.75, 3.05) is 34.7 Å². The van der Waals surface area contributed by atoms with Crippen molar-refractivity contribution in [1.29, 1.82) is 0 Å². The molecule has 0 aromatic heterocycles. The van der Waals surface area contributed by atoms with Crippen LogP contribution < -0.4 is 23.7 Å². The molecule has 3 heterocycles. The molecule has 1 fully saturated rings. The van der Waals surface area contributed by atoms with E-state index in [1.165, 1.54) is 0 Å². The van der Waals surface area contributed by atoms with Gasteiger partial charge in [-0.05, 0) is 41.3 Å². The molecule has 2 aromatic rings. The van der Waals surface area contributed by atoms with Crippen molar-refractivity contribution < 1.29 is 33.2 Å². The fraction of sp³-hybridized carbons (Fsp3) is 0.381. The predicted octanol–water partition coefficient (Wildman–Crippen LogP) is 2.99. The molecule has 1 atom stereocenters. The summed E-state index contributed by atoms with van der Waals surface area (Å²) in [7, 11) is 4.74. The van der Waals surface area contributed by atoms with Gasteiger partial charge in [-0.25, -0.2) is 4.79 Å².